The van der Waals surface area contributed by atoms with Gasteiger partial charge in [0.2, 0.25) is 0 Å². The van der Waals surface area contributed by atoms with Gasteiger partial charge in [-0.15, -0.1) is 0 Å². The van der Waals surface area contributed by atoms with Crippen LogP contribution in [0.15, 0.2) is 91.3 Å². The molecule has 4 rings (SSSR count). The Labute approximate surface area is 196 Å². The Hall–Kier alpha value is -4.72. The number of primary amides is 1. The van der Waals surface area contributed by atoms with Gasteiger partial charge in [-0.3, -0.25) is 9.78 Å². The average molecular weight is 454 g/mol. The van der Waals surface area contributed by atoms with Crippen LogP contribution < -0.4 is 16.8 Å². The summed E-state index contributed by atoms with van der Waals surface area (Å²) in [6, 6.07) is 23.3. The smallest absolute Gasteiger partial charge is 0.405 e. The zero-order chi connectivity index (χ0) is 24.1. The molecule has 1 unspecified atom stereocenters. The summed E-state index contributed by atoms with van der Waals surface area (Å²) in [4.78, 5) is 33.1. The number of carbonyl (C=O) groups is 2. The van der Waals surface area contributed by atoms with Gasteiger partial charge in [-0.25, -0.2) is 9.78 Å². The Kier molecular flexibility index (Phi) is 6.22. The van der Waals surface area contributed by atoms with E-state index in [1.165, 1.54) is 0 Å². The second-order valence-corrected chi connectivity index (χ2v) is 7.73. The number of nitrogen functional groups attached to an aromatic ring is 1. The molecule has 4 aromatic rings. The first-order valence-electron chi connectivity index (χ1n) is 10.5. The highest BCUT2D eigenvalue weighted by Crippen LogP contribution is 2.33. The van der Waals surface area contributed by atoms with Crippen molar-refractivity contribution < 1.29 is 14.3 Å². The Bertz CT molecular complexity index is 1310. The summed E-state index contributed by atoms with van der Waals surface area (Å²) in [6.45, 7) is 1.71. The minimum Gasteiger partial charge on any atom is -0.433 e. The molecule has 0 spiro atoms. The van der Waals surface area contributed by atoms with Crippen LogP contribution in [0.1, 0.15) is 28.4 Å². The van der Waals surface area contributed by atoms with E-state index in [1.54, 1.807) is 67.8 Å². The molecular formula is C26H23N5O3. The normalized spacial score (nSPS) is 12.4. The molecule has 0 aliphatic rings. The lowest BCUT2D eigenvalue weighted by Crippen LogP contribution is -2.33. The minimum absolute atomic E-state index is 0.271. The van der Waals surface area contributed by atoms with Gasteiger partial charge in [0.1, 0.15) is 0 Å². The number of nitrogens with two attached hydrogens (primary N) is 2. The van der Waals surface area contributed by atoms with Gasteiger partial charge in [0.15, 0.2) is 11.4 Å². The van der Waals surface area contributed by atoms with Crippen molar-refractivity contribution in [1.29, 1.82) is 0 Å². The molecule has 0 fully saturated rings. The second-order valence-electron chi connectivity index (χ2n) is 7.73. The molecule has 0 saturated carbocycles. The molecule has 0 aliphatic heterocycles. The lowest BCUT2D eigenvalue weighted by atomic mass is 9.88. The maximum absolute atomic E-state index is 12.9. The summed E-state index contributed by atoms with van der Waals surface area (Å²) in [5.74, 6) is -0.109. The largest absolute Gasteiger partial charge is 0.433 e. The third-order valence-electron chi connectivity index (χ3n) is 5.44. The quantitative estimate of drug-likeness (QED) is 0.398. The molecule has 0 radical (unpaired) electrons. The van der Waals surface area contributed by atoms with Crippen LogP contribution in [0.4, 0.5) is 16.3 Å². The summed E-state index contributed by atoms with van der Waals surface area (Å²) < 4.78 is 5.45. The zero-order valence-corrected chi connectivity index (χ0v) is 18.4. The SMILES string of the molecule is CC(OC(N)=O)(c1ccc(C(=O)Nc2nc(-c3ccccc3)ccc2N)cc1)c1cccnc1. The lowest BCUT2D eigenvalue weighted by Gasteiger charge is -2.29. The van der Waals surface area contributed by atoms with Gasteiger partial charge in [0, 0.05) is 29.1 Å². The fraction of sp³-hybridized carbons (Fsp3) is 0.0769. The van der Waals surface area contributed by atoms with Crippen molar-refractivity contribution in [3.63, 3.8) is 0 Å². The Morgan fingerprint density at radius 1 is 0.912 bits per heavy atom. The van der Waals surface area contributed by atoms with E-state index < -0.39 is 11.7 Å². The number of aromatic nitrogens is 2. The topological polar surface area (TPSA) is 133 Å². The first kappa shape index (κ1) is 22.5. The van der Waals surface area contributed by atoms with E-state index in [2.05, 4.69) is 15.3 Å². The molecule has 2 heterocycles. The average Bonchev–Trinajstić information content (AvgIpc) is 2.86. The Balaban J connectivity index is 1.59. The number of carbonyl (C=O) groups excluding carboxylic acids is 2. The maximum atomic E-state index is 12.9. The van der Waals surface area contributed by atoms with Gasteiger partial charge in [0.05, 0.1) is 11.4 Å². The van der Waals surface area contributed by atoms with Crippen LogP contribution >= 0.6 is 0 Å². The number of hydrogen-bond acceptors (Lipinski definition) is 6. The van der Waals surface area contributed by atoms with Crippen molar-refractivity contribution >= 4 is 23.5 Å². The lowest BCUT2D eigenvalue weighted by molar-refractivity contribution is 0.0593. The van der Waals surface area contributed by atoms with Gasteiger partial charge in [-0.2, -0.15) is 0 Å². The number of hydrogen-bond donors (Lipinski definition) is 3. The predicted molar refractivity (Wildman–Crippen MR) is 130 cm³/mol. The van der Waals surface area contributed by atoms with Crippen molar-refractivity contribution in [3.8, 4) is 11.3 Å². The fourth-order valence-corrected chi connectivity index (χ4v) is 3.59. The number of benzene rings is 2. The number of rotatable bonds is 6. The van der Waals surface area contributed by atoms with Crippen LogP contribution in [0.25, 0.3) is 11.3 Å². The fourth-order valence-electron chi connectivity index (χ4n) is 3.59. The molecular weight excluding hydrogens is 430 g/mol. The van der Waals surface area contributed by atoms with Gasteiger partial charge in [0.25, 0.3) is 5.91 Å². The molecule has 5 N–H and O–H groups in total. The van der Waals surface area contributed by atoms with Crippen LogP contribution in [-0.4, -0.2) is 22.0 Å². The minimum atomic E-state index is -1.18. The number of ether oxygens (including phenoxy) is 1. The maximum Gasteiger partial charge on any atom is 0.405 e. The molecule has 1 atom stereocenters. The number of nitrogens with zero attached hydrogens (tertiary/aromatic N) is 2. The highest BCUT2D eigenvalue weighted by molar-refractivity contribution is 6.05. The van der Waals surface area contributed by atoms with Crippen LogP contribution in [0, 0.1) is 0 Å². The number of amides is 2. The molecule has 34 heavy (non-hydrogen) atoms. The monoisotopic (exact) mass is 453 g/mol. The standard InChI is InChI=1S/C26H23N5O3/c1-26(34-25(28)33,20-8-5-15-29-16-20)19-11-9-18(10-12-19)24(32)31-23-21(27)13-14-22(30-23)17-6-3-2-4-7-17/h2-16H,27H2,1H3,(H2,28,33)(H,30,31,32). The Morgan fingerprint density at radius 3 is 2.29 bits per heavy atom. The summed E-state index contributed by atoms with van der Waals surface area (Å²) in [5, 5.41) is 2.77. The van der Waals surface area contributed by atoms with E-state index in [4.69, 9.17) is 16.2 Å². The second kappa shape index (κ2) is 9.41. The van der Waals surface area contributed by atoms with E-state index in [-0.39, 0.29) is 11.7 Å². The molecule has 0 saturated heterocycles. The number of pyridine rings is 2. The van der Waals surface area contributed by atoms with Crippen molar-refractivity contribution in [2.75, 3.05) is 11.1 Å². The summed E-state index contributed by atoms with van der Waals surface area (Å²) >= 11 is 0. The summed E-state index contributed by atoms with van der Waals surface area (Å²) in [5.41, 5.74) is 13.8. The van der Waals surface area contributed by atoms with Crippen molar-refractivity contribution in [2.45, 2.75) is 12.5 Å². The van der Waals surface area contributed by atoms with Gasteiger partial charge >= 0.3 is 6.09 Å². The molecule has 0 aliphatic carbocycles. The van der Waals surface area contributed by atoms with Gasteiger partial charge < -0.3 is 21.5 Å². The molecule has 170 valence electrons. The molecule has 2 aromatic carbocycles. The van der Waals surface area contributed by atoms with E-state index >= 15 is 0 Å². The van der Waals surface area contributed by atoms with Crippen LogP contribution in [0.2, 0.25) is 0 Å². The molecule has 2 amide bonds. The first-order chi connectivity index (χ1) is 16.4. The molecule has 2 aromatic heterocycles. The van der Waals surface area contributed by atoms with Gasteiger partial charge in [-0.1, -0.05) is 48.5 Å². The highest BCUT2D eigenvalue weighted by atomic mass is 16.6. The molecule has 8 nitrogen and oxygen atoms in total. The molecule has 8 heteroatoms. The van der Waals surface area contributed by atoms with Crippen LogP contribution in [-0.2, 0) is 10.3 Å². The van der Waals surface area contributed by atoms with Crippen molar-refractivity contribution in [2.24, 2.45) is 5.73 Å². The van der Waals surface area contributed by atoms with E-state index in [0.29, 0.717) is 28.1 Å². The van der Waals surface area contributed by atoms with Crippen LogP contribution in [0.5, 0.6) is 0 Å². The highest BCUT2D eigenvalue weighted by Gasteiger charge is 2.33. The summed E-state index contributed by atoms with van der Waals surface area (Å²) in [6.07, 6.45) is 2.29. The summed E-state index contributed by atoms with van der Waals surface area (Å²) in [7, 11) is 0. The Morgan fingerprint density at radius 2 is 1.65 bits per heavy atom. The van der Waals surface area contributed by atoms with Crippen molar-refractivity contribution in [3.05, 3.63) is 108 Å². The van der Waals surface area contributed by atoms with E-state index in [9.17, 15) is 9.59 Å². The van der Waals surface area contributed by atoms with Crippen molar-refractivity contribution in [1.82, 2.24) is 9.97 Å². The third kappa shape index (κ3) is 4.71. The number of anilines is 2. The molecule has 0 bridgehead atoms. The zero-order valence-electron chi connectivity index (χ0n) is 18.4. The van der Waals surface area contributed by atoms with E-state index in [1.807, 2.05) is 30.3 Å². The van der Waals surface area contributed by atoms with Crippen LogP contribution in [0.3, 0.4) is 0 Å². The predicted octanol–water partition coefficient (Wildman–Crippen LogP) is 4.34. The van der Waals surface area contributed by atoms with Gasteiger partial charge in [-0.05, 0) is 42.8 Å². The first-order valence-corrected chi connectivity index (χ1v) is 10.5. The van der Waals surface area contributed by atoms with E-state index in [0.717, 1.165) is 5.56 Å². The number of nitrogens with one attached hydrogen (secondary N) is 1. The third-order valence-corrected chi connectivity index (χ3v) is 5.44.